The second-order valence-electron chi connectivity index (χ2n) is 16.6. The van der Waals surface area contributed by atoms with E-state index < -0.39 is 28.3 Å². The lowest BCUT2D eigenvalue weighted by Gasteiger charge is -2.67. The van der Waals surface area contributed by atoms with E-state index in [4.69, 9.17) is 18.9 Å². The first kappa shape index (κ1) is 30.0. The second-order valence-corrected chi connectivity index (χ2v) is 16.6. The quantitative estimate of drug-likeness (QED) is 0.276. The molecule has 2 N–H and O–H groups in total. The molecule has 3 aliphatic carbocycles. The number of aromatic amines is 1. The number of ether oxygens (including phenoxy) is 4. The van der Waals surface area contributed by atoms with Gasteiger partial charge < -0.3 is 29.0 Å². The fourth-order valence-electron chi connectivity index (χ4n) is 10.7. The van der Waals surface area contributed by atoms with Gasteiger partial charge in [-0.25, -0.2) is 0 Å². The minimum absolute atomic E-state index is 0.163. The summed E-state index contributed by atoms with van der Waals surface area (Å²) in [7, 11) is 0. The fourth-order valence-corrected chi connectivity index (χ4v) is 10.7. The highest BCUT2D eigenvalue weighted by Crippen LogP contribution is 2.74. The zero-order valence-electron chi connectivity index (χ0n) is 28.5. The first-order valence-corrected chi connectivity index (χ1v) is 17.2. The van der Waals surface area contributed by atoms with Crippen molar-refractivity contribution in [3.8, 4) is 0 Å². The van der Waals surface area contributed by atoms with Crippen LogP contribution in [0.2, 0.25) is 0 Å². The van der Waals surface area contributed by atoms with Crippen molar-refractivity contribution in [1.82, 2.24) is 4.98 Å². The molecule has 6 heteroatoms. The van der Waals surface area contributed by atoms with E-state index in [0.29, 0.717) is 5.92 Å². The molecule has 1 aromatic heterocycles. The lowest BCUT2D eigenvalue weighted by molar-refractivity contribution is -0.308. The highest BCUT2D eigenvalue weighted by atomic mass is 16.7. The number of nitrogens with one attached hydrogen (secondary N) is 1. The Kier molecular flexibility index (Phi) is 6.24. The summed E-state index contributed by atoms with van der Waals surface area (Å²) in [5.74, 6) is 1.30. The molecule has 4 heterocycles. The van der Waals surface area contributed by atoms with Crippen molar-refractivity contribution in [2.75, 3.05) is 0 Å². The average molecular weight is 614 g/mol. The molecule has 3 saturated heterocycles. The Labute approximate surface area is 268 Å². The van der Waals surface area contributed by atoms with Gasteiger partial charge in [-0.15, -0.1) is 0 Å². The minimum Gasteiger partial charge on any atom is -0.488 e. The Bertz CT molecular complexity index is 1670. The van der Waals surface area contributed by atoms with E-state index in [1.807, 2.05) is 6.08 Å². The van der Waals surface area contributed by atoms with Crippen LogP contribution in [-0.4, -0.2) is 52.0 Å². The van der Waals surface area contributed by atoms with Gasteiger partial charge in [0.2, 0.25) is 0 Å². The molecule has 45 heavy (non-hydrogen) atoms. The summed E-state index contributed by atoms with van der Waals surface area (Å²) in [5, 5.41) is 14.9. The molecule has 3 aliphatic heterocycles. The lowest BCUT2D eigenvalue weighted by Crippen LogP contribution is -2.71. The third-order valence-electron chi connectivity index (χ3n) is 13.3. The van der Waals surface area contributed by atoms with E-state index in [-0.39, 0.29) is 29.8 Å². The molecule has 6 nitrogen and oxygen atoms in total. The molecular weight excluding hydrogens is 562 g/mol. The van der Waals surface area contributed by atoms with Crippen molar-refractivity contribution in [2.45, 2.75) is 142 Å². The van der Waals surface area contributed by atoms with Crippen LogP contribution in [0, 0.1) is 16.7 Å². The van der Waals surface area contributed by atoms with E-state index in [0.717, 1.165) is 43.4 Å². The Balaban J connectivity index is 1.23. The number of fused-ring (bicyclic) bond motifs is 13. The summed E-state index contributed by atoms with van der Waals surface area (Å²) >= 11 is 0. The van der Waals surface area contributed by atoms with Crippen molar-refractivity contribution in [3.05, 3.63) is 70.2 Å². The van der Waals surface area contributed by atoms with E-state index in [1.165, 1.54) is 33.3 Å². The topological polar surface area (TPSA) is 76.2 Å². The monoisotopic (exact) mass is 613 g/mol. The summed E-state index contributed by atoms with van der Waals surface area (Å²) in [4.78, 5) is 3.95. The van der Waals surface area contributed by atoms with Gasteiger partial charge >= 0.3 is 0 Å². The zero-order chi connectivity index (χ0) is 31.9. The van der Waals surface area contributed by atoms with Crippen molar-refractivity contribution in [2.24, 2.45) is 16.7 Å². The predicted molar refractivity (Wildman–Crippen MR) is 176 cm³/mol. The van der Waals surface area contributed by atoms with Crippen LogP contribution in [0.15, 0.2) is 53.3 Å². The van der Waals surface area contributed by atoms with Crippen molar-refractivity contribution in [3.63, 3.8) is 0 Å². The van der Waals surface area contributed by atoms with Gasteiger partial charge in [-0.1, -0.05) is 43.2 Å². The number of epoxide rings is 1. The third kappa shape index (κ3) is 3.71. The van der Waals surface area contributed by atoms with Crippen LogP contribution in [0.4, 0.5) is 0 Å². The minimum atomic E-state index is -1.05. The van der Waals surface area contributed by atoms with Gasteiger partial charge in [0.05, 0.1) is 11.0 Å². The summed E-state index contributed by atoms with van der Waals surface area (Å²) in [5.41, 5.74) is 4.83. The number of benzene rings is 1. The molecule has 242 valence electrons. The van der Waals surface area contributed by atoms with Crippen LogP contribution in [0.5, 0.6) is 0 Å². The molecule has 0 spiro atoms. The number of hydrogen-bond acceptors (Lipinski definition) is 5. The Morgan fingerprint density at radius 2 is 1.73 bits per heavy atom. The maximum Gasteiger partial charge on any atom is 0.178 e. The zero-order valence-corrected chi connectivity index (χ0v) is 28.5. The summed E-state index contributed by atoms with van der Waals surface area (Å²) in [6.07, 6.45) is 9.63. The van der Waals surface area contributed by atoms with Gasteiger partial charge in [-0.05, 0) is 116 Å². The van der Waals surface area contributed by atoms with E-state index in [9.17, 15) is 5.11 Å². The van der Waals surface area contributed by atoms with Crippen molar-refractivity contribution in [1.29, 1.82) is 0 Å². The van der Waals surface area contributed by atoms with Crippen LogP contribution in [0.3, 0.4) is 0 Å². The summed E-state index contributed by atoms with van der Waals surface area (Å²) < 4.78 is 26.7. The van der Waals surface area contributed by atoms with Crippen LogP contribution < -0.4 is 0 Å². The maximum atomic E-state index is 13.5. The first-order valence-electron chi connectivity index (χ1n) is 17.2. The number of hydrogen-bond donors (Lipinski definition) is 2. The van der Waals surface area contributed by atoms with E-state index in [1.54, 1.807) is 0 Å². The Hall–Kier alpha value is -2.38. The molecule has 4 unspecified atom stereocenters. The van der Waals surface area contributed by atoms with E-state index >= 15 is 0 Å². The van der Waals surface area contributed by atoms with Gasteiger partial charge in [0, 0.05) is 27.4 Å². The Morgan fingerprint density at radius 1 is 0.978 bits per heavy atom. The van der Waals surface area contributed by atoms with Gasteiger partial charge in [-0.2, -0.15) is 0 Å². The molecule has 10 atom stereocenters. The fraction of sp³-hybridized carbons (Fsp3) is 0.641. The predicted octanol–water partition coefficient (Wildman–Crippen LogP) is 7.58. The Morgan fingerprint density at radius 3 is 2.47 bits per heavy atom. The molecular formula is C39H51NO5. The second kappa shape index (κ2) is 9.37. The van der Waals surface area contributed by atoms with Crippen molar-refractivity contribution < 1.29 is 24.1 Å². The number of allylic oxidation sites excluding steroid dienone is 4. The third-order valence-corrected chi connectivity index (χ3v) is 13.3. The smallest absolute Gasteiger partial charge is 0.178 e. The maximum absolute atomic E-state index is 13.5. The highest BCUT2D eigenvalue weighted by Gasteiger charge is 2.79. The normalized spacial score (nSPS) is 43.6. The molecule has 4 fully saturated rings. The van der Waals surface area contributed by atoms with Crippen LogP contribution in [-0.2, 0) is 37.2 Å². The standard InChI is InChI=1S/C39H51NO5/c1-21(2)13-14-23-11-10-12-26-29(23)25-20-24-15-18-39(41)36(7,37(24,8)32(25)40-26)17-16-27-38(39,9)34-31(44-34)30-33(42-27)35(5,6)45-28(43-30)19-22(3)4/h10-13,16,19,24,28,30-31,33-34,40-41H,14-15,17-18,20H2,1-9H3/t24-,28?,30-,31?,33-,34?,36+,37+,38?,39-/m0/s1. The van der Waals surface area contributed by atoms with Gasteiger partial charge in [0.15, 0.2) is 12.4 Å². The molecule has 0 bridgehead atoms. The SMILES string of the molecule is CC(C)=CCc1cccc2[nH]c3c(c12)C[C@@H]1CC[C@@]2(O)C4(C)C(=CC[C@]2(C)[C@@]31C)O[C@H]1[C@@H](OC(C=C(C)C)OC1(C)C)C1OC14. The summed E-state index contributed by atoms with van der Waals surface area (Å²) in [6, 6.07) is 6.70. The van der Waals surface area contributed by atoms with Gasteiger partial charge in [0.1, 0.15) is 29.7 Å². The van der Waals surface area contributed by atoms with Crippen molar-refractivity contribution >= 4 is 10.9 Å². The molecule has 0 amide bonds. The van der Waals surface area contributed by atoms with Crippen LogP contribution in [0.25, 0.3) is 10.9 Å². The molecule has 1 aromatic carbocycles. The number of H-pyrrole nitrogens is 1. The first-order chi connectivity index (χ1) is 21.2. The number of rotatable bonds is 3. The largest absolute Gasteiger partial charge is 0.488 e. The van der Waals surface area contributed by atoms with Crippen LogP contribution in [0.1, 0.15) is 98.4 Å². The number of aliphatic hydroxyl groups is 1. The molecule has 8 rings (SSSR count). The summed E-state index contributed by atoms with van der Waals surface area (Å²) in [6.45, 7) is 19.7. The molecule has 6 aliphatic rings. The molecule has 1 saturated carbocycles. The van der Waals surface area contributed by atoms with Gasteiger partial charge in [0.25, 0.3) is 0 Å². The van der Waals surface area contributed by atoms with E-state index in [2.05, 4.69) is 97.6 Å². The lowest BCUT2D eigenvalue weighted by atomic mass is 9.39. The van der Waals surface area contributed by atoms with Gasteiger partial charge in [-0.3, -0.25) is 0 Å². The highest BCUT2D eigenvalue weighted by molar-refractivity contribution is 5.89. The molecule has 2 aromatic rings. The number of aromatic nitrogens is 1. The average Bonchev–Trinajstić information content (AvgIpc) is 3.62. The van der Waals surface area contributed by atoms with Crippen LogP contribution >= 0.6 is 0 Å². The molecule has 0 radical (unpaired) electrons.